The normalized spacial score (nSPS) is 12.7. The molecule has 0 aliphatic carbocycles. The molecule has 2 aromatic rings. The van der Waals surface area contributed by atoms with Gasteiger partial charge in [-0.05, 0) is 23.0 Å². The lowest BCUT2D eigenvalue weighted by atomic mass is 9.78. The second-order valence-corrected chi connectivity index (χ2v) is 7.24. The van der Waals surface area contributed by atoms with Crippen LogP contribution in [0.3, 0.4) is 0 Å². The predicted octanol–water partition coefficient (Wildman–Crippen LogP) is 4.44. The molecule has 3 heteroatoms. The summed E-state index contributed by atoms with van der Waals surface area (Å²) < 4.78 is 4.95. The van der Waals surface area contributed by atoms with Gasteiger partial charge < -0.3 is 9.52 Å². The van der Waals surface area contributed by atoms with Crippen LogP contribution in [0.2, 0.25) is 0 Å². The van der Waals surface area contributed by atoms with Crippen molar-refractivity contribution >= 4 is 0 Å². The number of hydrogen-bond donors (Lipinski definition) is 1. The molecular weight excluding hydrogens is 250 g/mol. The molecule has 3 nitrogen and oxygen atoms in total. The van der Waals surface area contributed by atoms with E-state index in [2.05, 4.69) is 52.9 Å². The van der Waals surface area contributed by atoms with Gasteiger partial charge in [0.25, 0.3) is 6.39 Å². The first-order chi connectivity index (χ1) is 9.10. The Labute approximate surface area is 120 Å². The Morgan fingerprint density at radius 2 is 1.50 bits per heavy atom. The summed E-state index contributed by atoms with van der Waals surface area (Å²) in [5.41, 5.74) is 3.23. The van der Waals surface area contributed by atoms with Crippen LogP contribution in [0.4, 0.5) is 0 Å². The van der Waals surface area contributed by atoms with Gasteiger partial charge in [0.15, 0.2) is 0 Å². The Bertz CT molecular complexity index is 564. The van der Waals surface area contributed by atoms with Crippen molar-refractivity contribution in [2.75, 3.05) is 0 Å². The highest BCUT2D eigenvalue weighted by Crippen LogP contribution is 2.41. The summed E-state index contributed by atoms with van der Waals surface area (Å²) in [5, 5.41) is 10.6. The molecule has 0 unspecified atom stereocenters. The van der Waals surface area contributed by atoms with Crippen LogP contribution in [0, 0.1) is 6.39 Å². The van der Waals surface area contributed by atoms with Gasteiger partial charge in [0.2, 0.25) is 0 Å². The third-order valence-corrected chi connectivity index (χ3v) is 3.41. The fourth-order valence-corrected chi connectivity index (χ4v) is 2.24. The van der Waals surface area contributed by atoms with Crippen LogP contribution in [0.25, 0.3) is 11.3 Å². The minimum Gasteiger partial charge on any atom is -0.507 e. The number of nitrogens with zero attached hydrogens (tertiary/aromatic N) is 1. The van der Waals surface area contributed by atoms with Gasteiger partial charge in [-0.25, -0.2) is 4.98 Å². The van der Waals surface area contributed by atoms with Gasteiger partial charge in [0.1, 0.15) is 17.7 Å². The van der Waals surface area contributed by atoms with Crippen molar-refractivity contribution < 1.29 is 9.52 Å². The second-order valence-electron chi connectivity index (χ2n) is 7.24. The molecule has 20 heavy (non-hydrogen) atoms. The second kappa shape index (κ2) is 4.65. The maximum Gasteiger partial charge on any atom is 0.284 e. The van der Waals surface area contributed by atoms with E-state index in [0.29, 0.717) is 5.75 Å². The van der Waals surface area contributed by atoms with E-state index >= 15 is 0 Å². The summed E-state index contributed by atoms with van der Waals surface area (Å²) in [7, 11) is 0. The lowest BCUT2D eigenvalue weighted by molar-refractivity contribution is 0.423. The number of hydrogen-bond acceptors (Lipinski definition) is 3. The van der Waals surface area contributed by atoms with Gasteiger partial charge >= 0.3 is 0 Å². The standard InChI is InChI=1S/C17H22NO2/c1-16(2,3)12-7-11(14-9-20-10-18-14)8-13(15(12)19)17(4,5)6/h7-9,19H,1-6H3. The van der Waals surface area contributed by atoms with Crippen LogP contribution in [-0.4, -0.2) is 10.1 Å². The van der Waals surface area contributed by atoms with E-state index < -0.39 is 0 Å². The van der Waals surface area contributed by atoms with Crippen molar-refractivity contribution in [3.63, 3.8) is 0 Å². The van der Waals surface area contributed by atoms with Crippen molar-refractivity contribution in [1.29, 1.82) is 0 Å². The average molecular weight is 272 g/mol. The number of aromatic hydroxyl groups is 1. The molecule has 0 saturated heterocycles. The quantitative estimate of drug-likeness (QED) is 0.834. The molecule has 1 aromatic heterocycles. The monoisotopic (exact) mass is 272 g/mol. The van der Waals surface area contributed by atoms with Crippen molar-refractivity contribution in [3.05, 3.63) is 35.9 Å². The lowest BCUT2D eigenvalue weighted by Crippen LogP contribution is -2.17. The highest BCUT2D eigenvalue weighted by Gasteiger charge is 2.27. The van der Waals surface area contributed by atoms with Crippen LogP contribution in [0.5, 0.6) is 5.75 Å². The minimum atomic E-state index is -0.145. The third-order valence-electron chi connectivity index (χ3n) is 3.41. The van der Waals surface area contributed by atoms with E-state index in [-0.39, 0.29) is 10.8 Å². The fraction of sp³-hybridized carbons (Fsp3) is 0.471. The maximum atomic E-state index is 10.6. The summed E-state index contributed by atoms with van der Waals surface area (Å²) in [5.74, 6) is 0.376. The van der Waals surface area contributed by atoms with Crippen molar-refractivity contribution in [2.45, 2.75) is 52.4 Å². The number of phenolic OH excluding ortho intramolecular Hbond substituents is 1. The average Bonchev–Trinajstić information content (AvgIpc) is 2.79. The third kappa shape index (κ3) is 2.72. The topological polar surface area (TPSA) is 46.3 Å². The molecule has 0 fully saturated rings. The van der Waals surface area contributed by atoms with E-state index in [4.69, 9.17) is 4.42 Å². The van der Waals surface area contributed by atoms with Crippen LogP contribution in [-0.2, 0) is 10.8 Å². The zero-order valence-electron chi connectivity index (χ0n) is 13.0. The number of oxazole rings is 1. The summed E-state index contributed by atoms with van der Waals surface area (Å²) in [6, 6.07) is 3.96. The van der Waals surface area contributed by atoms with Gasteiger partial charge in [-0.3, -0.25) is 0 Å². The lowest BCUT2D eigenvalue weighted by Gasteiger charge is -2.28. The van der Waals surface area contributed by atoms with Crippen LogP contribution < -0.4 is 0 Å². The Morgan fingerprint density at radius 3 is 1.85 bits per heavy atom. The highest BCUT2D eigenvalue weighted by molar-refractivity contribution is 5.65. The number of phenols is 1. The van der Waals surface area contributed by atoms with Crippen LogP contribution in [0.15, 0.2) is 22.8 Å². The Hall–Kier alpha value is -1.77. The zero-order chi connectivity index (χ0) is 15.1. The highest BCUT2D eigenvalue weighted by atomic mass is 16.3. The molecule has 0 aliphatic heterocycles. The van der Waals surface area contributed by atoms with Gasteiger partial charge in [-0.2, -0.15) is 0 Å². The minimum absolute atomic E-state index is 0.145. The summed E-state index contributed by atoms with van der Waals surface area (Å²) in [4.78, 5) is 4.09. The van der Waals surface area contributed by atoms with Gasteiger partial charge in [0, 0.05) is 16.7 Å². The molecule has 1 radical (unpaired) electrons. The number of rotatable bonds is 1. The van der Waals surface area contributed by atoms with E-state index in [1.807, 2.05) is 12.1 Å². The first-order valence-corrected chi connectivity index (χ1v) is 6.80. The molecule has 0 saturated carbocycles. The zero-order valence-corrected chi connectivity index (χ0v) is 13.0. The van der Waals surface area contributed by atoms with Crippen molar-refractivity contribution in [1.82, 2.24) is 4.98 Å². The molecule has 0 amide bonds. The maximum absolute atomic E-state index is 10.6. The van der Waals surface area contributed by atoms with Gasteiger partial charge in [-0.15, -0.1) is 0 Å². The smallest absolute Gasteiger partial charge is 0.284 e. The number of benzene rings is 1. The summed E-state index contributed by atoms with van der Waals surface area (Å²) in [6.07, 6.45) is 4.05. The molecule has 107 valence electrons. The first-order valence-electron chi connectivity index (χ1n) is 6.80. The first kappa shape index (κ1) is 14.6. The van der Waals surface area contributed by atoms with E-state index in [1.54, 1.807) is 6.26 Å². The number of aromatic nitrogens is 1. The molecule has 1 aromatic carbocycles. The largest absolute Gasteiger partial charge is 0.507 e. The molecular formula is C17H22NO2. The Balaban J connectivity index is 2.74. The molecule has 2 rings (SSSR count). The summed E-state index contributed by atoms with van der Waals surface area (Å²) >= 11 is 0. The summed E-state index contributed by atoms with van der Waals surface area (Å²) in [6.45, 7) is 12.5. The van der Waals surface area contributed by atoms with Gasteiger partial charge in [0.05, 0.1) is 0 Å². The van der Waals surface area contributed by atoms with Crippen molar-refractivity contribution in [3.8, 4) is 17.0 Å². The SMILES string of the molecule is CC(C)(C)c1cc(-c2co[c]n2)cc(C(C)(C)C)c1O. The van der Waals surface area contributed by atoms with Crippen LogP contribution >= 0.6 is 0 Å². The Kier molecular flexibility index (Phi) is 3.41. The van der Waals surface area contributed by atoms with Crippen LogP contribution in [0.1, 0.15) is 52.7 Å². The molecule has 0 aliphatic rings. The fourth-order valence-electron chi connectivity index (χ4n) is 2.24. The molecule has 0 spiro atoms. The predicted molar refractivity (Wildman–Crippen MR) is 79.8 cm³/mol. The molecule has 1 heterocycles. The van der Waals surface area contributed by atoms with E-state index in [1.165, 1.54) is 0 Å². The van der Waals surface area contributed by atoms with Crippen molar-refractivity contribution in [2.24, 2.45) is 0 Å². The molecule has 0 atom stereocenters. The Morgan fingerprint density at radius 1 is 1.00 bits per heavy atom. The van der Waals surface area contributed by atoms with E-state index in [9.17, 15) is 5.11 Å². The van der Waals surface area contributed by atoms with E-state index in [0.717, 1.165) is 22.4 Å². The molecule has 1 N–H and O–H groups in total. The van der Waals surface area contributed by atoms with Gasteiger partial charge in [-0.1, -0.05) is 41.5 Å². The molecule has 0 bridgehead atoms.